The van der Waals surface area contributed by atoms with E-state index in [0.29, 0.717) is 6.54 Å². The topological polar surface area (TPSA) is 74.0 Å². The van der Waals surface area contributed by atoms with Gasteiger partial charge in [-0.05, 0) is 23.6 Å². The van der Waals surface area contributed by atoms with Crippen molar-refractivity contribution >= 4 is 32.7 Å². The maximum atomic E-state index is 10.9. The molecule has 0 aliphatic heterocycles. The number of fused-ring (bicyclic) bond motifs is 1. The summed E-state index contributed by atoms with van der Waals surface area (Å²) >= 11 is 3.41. The molecule has 0 radical (unpaired) electrons. The van der Waals surface area contributed by atoms with Crippen LogP contribution in [0.4, 0.5) is 0 Å². The van der Waals surface area contributed by atoms with Gasteiger partial charge in [-0.2, -0.15) is 0 Å². The summed E-state index contributed by atoms with van der Waals surface area (Å²) in [6.07, 6.45) is 1.90. The van der Waals surface area contributed by atoms with E-state index in [-0.39, 0.29) is 0 Å². The minimum atomic E-state index is -0.658. The van der Waals surface area contributed by atoms with Crippen LogP contribution in [-0.4, -0.2) is 16.5 Å². The minimum Gasteiger partial charge on any atom is -0.368 e. The summed E-state index contributed by atoms with van der Waals surface area (Å²) in [4.78, 5) is 10.9. The van der Waals surface area contributed by atoms with Gasteiger partial charge in [0.2, 0.25) is 5.91 Å². The molecule has 0 fully saturated rings. The van der Waals surface area contributed by atoms with Gasteiger partial charge >= 0.3 is 0 Å². The monoisotopic (exact) mass is 281 g/mol. The van der Waals surface area contributed by atoms with Gasteiger partial charge in [-0.25, -0.2) is 0 Å². The number of aromatic nitrogens is 1. The Kier molecular flexibility index (Phi) is 2.98. The van der Waals surface area contributed by atoms with Crippen molar-refractivity contribution in [3.8, 4) is 0 Å². The van der Waals surface area contributed by atoms with Crippen LogP contribution in [0.5, 0.6) is 0 Å². The van der Waals surface area contributed by atoms with E-state index in [2.05, 4.69) is 15.9 Å². The molecule has 84 valence electrons. The maximum absolute atomic E-state index is 10.9. The van der Waals surface area contributed by atoms with Gasteiger partial charge in [0, 0.05) is 22.7 Å². The zero-order chi connectivity index (χ0) is 11.7. The highest BCUT2D eigenvalue weighted by Gasteiger charge is 2.11. The summed E-state index contributed by atoms with van der Waals surface area (Å²) in [7, 11) is 0. The molecule has 0 saturated heterocycles. The first kappa shape index (κ1) is 11.2. The molecule has 1 heterocycles. The highest BCUT2D eigenvalue weighted by Crippen LogP contribution is 2.20. The number of rotatable bonds is 3. The summed E-state index contributed by atoms with van der Waals surface area (Å²) < 4.78 is 2.92. The van der Waals surface area contributed by atoms with E-state index in [1.54, 1.807) is 0 Å². The summed E-state index contributed by atoms with van der Waals surface area (Å²) in [6, 6.07) is 7.29. The SMILES string of the molecule is NC(=O)C(N)Cn1ccc2ccc(Br)cc21. The predicted octanol–water partition coefficient (Wildman–Crippen LogP) is 1.22. The van der Waals surface area contributed by atoms with Crippen LogP contribution in [0.3, 0.4) is 0 Å². The van der Waals surface area contributed by atoms with Crippen molar-refractivity contribution in [2.75, 3.05) is 0 Å². The minimum absolute atomic E-state index is 0.398. The quantitative estimate of drug-likeness (QED) is 0.888. The van der Waals surface area contributed by atoms with Gasteiger partial charge in [0.1, 0.15) is 6.04 Å². The van der Waals surface area contributed by atoms with Gasteiger partial charge < -0.3 is 16.0 Å². The average molecular weight is 282 g/mol. The van der Waals surface area contributed by atoms with Crippen LogP contribution in [-0.2, 0) is 11.3 Å². The lowest BCUT2D eigenvalue weighted by Crippen LogP contribution is -2.39. The fourth-order valence-electron chi connectivity index (χ4n) is 1.62. The largest absolute Gasteiger partial charge is 0.368 e. The van der Waals surface area contributed by atoms with Crippen LogP contribution < -0.4 is 11.5 Å². The molecule has 4 nitrogen and oxygen atoms in total. The number of nitrogens with two attached hydrogens (primary N) is 2. The van der Waals surface area contributed by atoms with Crippen LogP contribution in [0.25, 0.3) is 10.9 Å². The second-order valence-corrected chi connectivity index (χ2v) is 4.60. The highest BCUT2D eigenvalue weighted by atomic mass is 79.9. The van der Waals surface area contributed by atoms with E-state index in [1.165, 1.54) is 0 Å². The van der Waals surface area contributed by atoms with Crippen molar-refractivity contribution in [3.05, 3.63) is 34.9 Å². The van der Waals surface area contributed by atoms with Crippen molar-refractivity contribution < 1.29 is 4.79 Å². The van der Waals surface area contributed by atoms with Gasteiger partial charge in [0.25, 0.3) is 0 Å². The van der Waals surface area contributed by atoms with Crippen LogP contribution in [0.1, 0.15) is 0 Å². The molecule has 2 aromatic rings. The fraction of sp³-hybridized carbons (Fsp3) is 0.182. The molecule has 1 unspecified atom stereocenters. The Labute approximate surface area is 101 Å². The summed E-state index contributed by atoms with van der Waals surface area (Å²) in [5.74, 6) is -0.489. The number of hydrogen-bond donors (Lipinski definition) is 2. The lowest BCUT2D eigenvalue weighted by Gasteiger charge is -2.10. The van der Waals surface area contributed by atoms with Crippen LogP contribution in [0.2, 0.25) is 0 Å². The second-order valence-electron chi connectivity index (χ2n) is 3.68. The summed E-state index contributed by atoms with van der Waals surface area (Å²) in [6.45, 7) is 0.398. The Balaban J connectivity index is 2.37. The normalized spacial score (nSPS) is 12.9. The van der Waals surface area contributed by atoms with Crippen molar-refractivity contribution in [3.63, 3.8) is 0 Å². The number of halogens is 1. The third kappa shape index (κ3) is 2.10. The molecule has 5 heteroatoms. The van der Waals surface area contributed by atoms with E-state index >= 15 is 0 Å². The van der Waals surface area contributed by atoms with Crippen LogP contribution in [0.15, 0.2) is 34.9 Å². The van der Waals surface area contributed by atoms with E-state index in [9.17, 15) is 4.79 Å². The summed E-state index contributed by atoms with van der Waals surface area (Å²) in [5.41, 5.74) is 11.8. The molecule has 0 spiro atoms. The fourth-order valence-corrected chi connectivity index (χ4v) is 1.97. The molecule has 4 N–H and O–H groups in total. The smallest absolute Gasteiger partial charge is 0.236 e. The molecule has 1 aromatic heterocycles. The molecule has 2 rings (SSSR count). The Morgan fingerprint density at radius 2 is 2.19 bits per heavy atom. The lowest BCUT2D eigenvalue weighted by atomic mass is 10.2. The Hall–Kier alpha value is -1.33. The van der Waals surface area contributed by atoms with Gasteiger partial charge in [0.15, 0.2) is 0 Å². The van der Waals surface area contributed by atoms with Gasteiger partial charge in [-0.1, -0.05) is 22.0 Å². The predicted molar refractivity (Wildman–Crippen MR) is 66.8 cm³/mol. The molecular weight excluding hydrogens is 270 g/mol. The Morgan fingerprint density at radius 3 is 2.88 bits per heavy atom. The number of primary amides is 1. The molecule has 0 saturated carbocycles. The summed E-state index contributed by atoms with van der Waals surface area (Å²) in [5, 5.41) is 1.11. The molecule has 16 heavy (non-hydrogen) atoms. The van der Waals surface area contributed by atoms with Gasteiger partial charge in [0.05, 0.1) is 0 Å². The second kappa shape index (κ2) is 4.27. The molecular formula is C11H12BrN3O. The lowest BCUT2D eigenvalue weighted by molar-refractivity contribution is -0.119. The average Bonchev–Trinajstić information content (AvgIpc) is 2.61. The Morgan fingerprint density at radius 1 is 1.44 bits per heavy atom. The number of hydrogen-bond acceptors (Lipinski definition) is 2. The first-order valence-electron chi connectivity index (χ1n) is 4.87. The highest BCUT2D eigenvalue weighted by molar-refractivity contribution is 9.10. The van der Waals surface area contributed by atoms with Crippen molar-refractivity contribution in [1.82, 2.24) is 4.57 Å². The third-order valence-electron chi connectivity index (χ3n) is 2.49. The Bertz CT molecular complexity index is 535. The van der Waals surface area contributed by atoms with E-state index < -0.39 is 11.9 Å². The van der Waals surface area contributed by atoms with E-state index in [4.69, 9.17) is 11.5 Å². The van der Waals surface area contributed by atoms with Gasteiger partial charge in [-0.3, -0.25) is 4.79 Å². The van der Waals surface area contributed by atoms with Crippen LogP contribution in [0, 0.1) is 0 Å². The first-order valence-corrected chi connectivity index (χ1v) is 5.66. The molecule has 0 aliphatic rings. The number of carbonyl (C=O) groups is 1. The molecule has 1 amide bonds. The standard InChI is InChI=1S/C11H12BrN3O/c12-8-2-1-7-3-4-15(10(7)5-8)6-9(13)11(14)16/h1-5,9H,6,13H2,(H2,14,16). The number of amides is 1. The van der Waals surface area contributed by atoms with Crippen molar-refractivity contribution in [2.24, 2.45) is 11.5 Å². The van der Waals surface area contributed by atoms with Crippen molar-refractivity contribution in [1.29, 1.82) is 0 Å². The molecule has 0 aliphatic carbocycles. The number of carbonyl (C=O) groups excluding carboxylic acids is 1. The zero-order valence-corrected chi connectivity index (χ0v) is 10.1. The zero-order valence-electron chi connectivity index (χ0n) is 8.56. The molecule has 1 atom stereocenters. The van der Waals surface area contributed by atoms with Crippen molar-refractivity contribution in [2.45, 2.75) is 12.6 Å². The molecule has 1 aromatic carbocycles. The third-order valence-corrected chi connectivity index (χ3v) is 2.99. The number of benzene rings is 1. The maximum Gasteiger partial charge on any atom is 0.236 e. The van der Waals surface area contributed by atoms with Gasteiger partial charge in [-0.15, -0.1) is 0 Å². The first-order chi connectivity index (χ1) is 7.58. The van der Waals surface area contributed by atoms with E-state index in [1.807, 2.05) is 35.0 Å². The number of nitrogens with zero attached hydrogens (tertiary/aromatic N) is 1. The van der Waals surface area contributed by atoms with Crippen LogP contribution >= 0.6 is 15.9 Å². The van der Waals surface area contributed by atoms with E-state index in [0.717, 1.165) is 15.4 Å². The molecule has 0 bridgehead atoms.